The average molecular weight is 440 g/mol. The molecule has 0 amide bonds. The minimum Gasteiger partial charge on any atom is -0.481 e. The maximum absolute atomic E-state index is 13.3. The molecule has 1 aromatic rings. The highest BCUT2D eigenvalue weighted by atomic mass is 79.9. The molecule has 1 atom stereocenters. The zero-order valence-corrected chi connectivity index (χ0v) is 16.0. The van der Waals surface area contributed by atoms with E-state index in [0.717, 1.165) is 16.0 Å². The van der Waals surface area contributed by atoms with Gasteiger partial charge < -0.3 is 10.4 Å². The van der Waals surface area contributed by atoms with E-state index < -0.39 is 23.6 Å². The van der Waals surface area contributed by atoms with Crippen molar-refractivity contribution >= 4 is 33.7 Å². The van der Waals surface area contributed by atoms with Crippen LogP contribution in [-0.4, -0.2) is 35.3 Å². The van der Waals surface area contributed by atoms with Crippen LogP contribution in [0.2, 0.25) is 0 Å². The summed E-state index contributed by atoms with van der Waals surface area (Å²) in [5, 5.41) is 12.1. The number of halogens is 4. The smallest absolute Gasteiger partial charge is 0.407 e. The summed E-state index contributed by atoms with van der Waals surface area (Å²) in [4.78, 5) is 11.6. The molecular weight excluding hydrogens is 419 g/mol. The Balaban J connectivity index is 1.94. The van der Waals surface area contributed by atoms with Crippen molar-refractivity contribution in [3.05, 3.63) is 34.3 Å². The molecule has 2 rings (SSSR count). The van der Waals surface area contributed by atoms with Crippen LogP contribution in [0.5, 0.6) is 0 Å². The van der Waals surface area contributed by atoms with Gasteiger partial charge in [0, 0.05) is 4.47 Å². The third-order valence-electron chi connectivity index (χ3n) is 4.61. The summed E-state index contributed by atoms with van der Waals surface area (Å²) in [6.45, 7) is 0.127. The van der Waals surface area contributed by atoms with Gasteiger partial charge >= 0.3 is 12.1 Å². The van der Waals surface area contributed by atoms with Gasteiger partial charge in [0.2, 0.25) is 0 Å². The molecule has 1 aliphatic heterocycles. The van der Waals surface area contributed by atoms with Crippen LogP contribution in [0.15, 0.2) is 28.7 Å². The van der Waals surface area contributed by atoms with Crippen molar-refractivity contribution in [3.8, 4) is 0 Å². The standard InChI is InChI=1S/C17H21BrF3NO2S/c18-13-4-2-12(3-5-13)14(17(19,20)21)22-9-1-6-16(15(23)24)7-10-25-11-8-16/h2-5,14,22H,1,6-11H2,(H,23,24)/t14-/m0/s1. The van der Waals surface area contributed by atoms with E-state index in [1.807, 2.05) is 0 Å². The van der Waals surface area contributed by atoms with Gasteiger partial charge in [0.25, 0.3) is 0 Å². The van der Waals surface area contributed by atoms with Crippen molar-refractivity contribution in [2.24, 2.45) is 5.41 Å². The maximum Gasteiger partial charge on any atom is 0.407 e. The molecular formula is C17H21BrF3NO2S. The van der Waals surface area contributed by atoms with Gasteiger partial charge in [0.15, 0.2) is 0 Å². The number of carbonyl (C=O) groups is 1. The Labute approximate surface area is 157 Å². The fourth-order valence-corrected chi connectivity index (χ4v) is 4.62. The van der Waals surface area contributed by atoms with Crippen LogP contribution in [-0.2, 0) is 4.79 Å². The lowest BCUT2D eigenvalue weighted by atomic mass is 9.78. The zero-order valence-electron chi connectivity index (χ0n) is 13.6. The SMILES string of the molecule is O=C(O)C1(CCCN[C@@H](c2ccc(Br)cc2)C(F)(F)F)CCSCC1. The van der Waals surface area contributed by atoms with Crippen LogP contribution < -0.4 is 5.32 Å². The molecule has 0 aliphatic carbocycles. The van der Waals surface area contributed by atoms with Crippen molar-refractivity contribution < 1.29 is 23.1 Å². The predicted molar refractivity (Wildman–Crippen MR) is 96.8 cm³/mol. The highest BCUT2D eigenvalue weighted by molar-refractivity contribution is 9.10. The average Bonchev–Trinajstić information content (AvgIpc) is 2.55. The number of aliphatic carboxylic acids is 1. The van der Waals surface area contributed by atoms with Crippen molar-refractivity contribution in [2.75, 3.05) is 18.1 Å². The van der Waals surface area contributed by atoms with Gasteiger partial charge in [-0.2, -0.15) is 24.9 Å². The lowest BCUT2D eigenvalue weighted by Crippen LogP contribution is -2.37. The second-order valence-corrected chi connectivity index (χ2v) is 8.42. The van der Waals surface area contributed by atoms with Gasteiger partial charge in [-0.15, -0.1) is 0 Å². The Bertz CT molecular complexity index is 574. The highest BCUT2D eigenvalue weighted by Gasteiger charge is 2.41. The molecule has 1 aliphatic rings. The number of thioether (sulfide) groups is 1. The van der Waals surface area contributed by atoms with E-state index in [4.69, 9.17) is 0 Å². The molecule has 1 saturated heterocycles. The third kappa shape index (κ3) is 5.62. The third-order valence-corrected chi connectivity index (χ3v) is 6.13. The van der Waals surface area contributed by atoms with Gasteiger partial charge in [0.1, 0.15) is 6.04 Å². The molecule has 8 heteroatoms. The Kier molecular flexibility index (Phi) is 7.22. The number of carboxylic acids is 1. The maximum atomic E-state index is 13.3. The predicted octanol–water partition coefficient (Wildman–Crippen LogP) is 5.02. The molecule has 0 unspecified atom stereocenters. The van der Waals surface area contributed by atoms with E-state index >= 15 is 0 Å². The van der Waals surface area contributed by atoms with E-state index in [1.165, 1.54) is 12.1 Å². The molecule has 0 saturated carbocycles. The summed E-state index contributed by atoms with van der Waals surface area (Å²) >= 11 is 4.94. The van der Waals surface area contributed by atoms with E-state index in [9.17, 15) is 23.1 Å². The summed E-state index contributed by atoms with van der Waals surface area (Å²) < 4.78 is 40.7. The number of nitrogens with one attached hydrogen (secondary N) is 1. The molecule has 3 nitrogen and oxygen atoms in total. The summed E-state index contributed by atoms with van der Waals surface area (Å²) in [5.74, 6) is 0.765. The first-order chi connectivity index (χ1) is 11.7. The largest absolute Gasteiger partial charge is 0.481 e. The van der Waals surface area contributed by atoms with Crippen LogP contribution in [0.25, 0.3) is 0 Å². The number of carboxylic acid groups (broad SMARTS) is 1. The summed E-state index contributed by atoms with van der Waals surface area (Å²) in [7, 11) is 0. The van der Waals surface area contributed by atoms with Crippen LogP contribution in [0.3, 0.4) is 0 Å². The van der Waals surface area contributed by atoms with Gasteiger partial charge in [-0.3, -0.25) is 4.79 Å². The molecule has 1 fully saturated rings. The Hall–Kier alpha value is -0.730. The molecule has 0 bridgehead atoms. The molecule has 25 heavy (non-hydrogen) atoms. The van der Waals surface area contributed by atoms with E-state index in [1.54, 1.807) is 23.9 Å². The second-order valence-electron chi connectivity index (χ2n) is 6.28. The minimum absolute atomic E-state index is 0.127. The number of hydrogen-bond acceptors (Lipinski definition) is 3. The van der Waals surface area contributed by atoms with Crippen molar-refractivity contribution in [1.29, 1.82) is 0 Å². The topological polar surface area (TPSA) is 49.3 Å². The molecule has 1 heterocycles. The first-order valence-corrected chi connectivity index (χ1v) is 10.1. The highest BCUT2D eigenvalue weighted by Crippen LogP contribution is 2.39. The summed E-state index contributed by atoms with van der Waals surface area (Å²) in [5.41, 5.74) is -0.629. The van der Waals surface area contributed by atoms with Gasteiger partial charge in [-0.25, -0.2) is 0 Å². The molecule has 0 aromatic heterocycles. The van der Waals surface area contributed by atoms with Crippen LogP contribution in [0.1, 0.15) is 37.3 Å². The van der Waals surface area contributed by atoms with Crippen molar-refractivity contribution in [1.82, 2.24) is 5.32 Å². The van der Waals surface area contributed by atoms with E-state index in [2.05, 4.69) is 21.2 Å². The van der Waals surface area contributed by atoms with E-state index in [-0.39, 0.29) is 12.1 Å². The van der Waals surface area contributed by atoms with Crippen LogP contribution in [0, 0.1) is 5.41 Å². The molecule has 0 radical (unpaired) electrons. The number of rotatable bonds is 7. The van der Waals surface area contributed by atoms with Gasteiger partial charge in [0.05, 0.1) is 5.41 Å². The number of alkyl halides is 3. The summed E-state index contributed by atoms with van der Waals surface area (Å²) in [6, 6.07) is 4.28. The van der Waals surface area contributed by atoms with Crippen molar-refractivity contribution in [3.63, 3.8) is 0 Å². The fourth-order valence-electron chi connectivity index (χ4n) is 3.08. The number of hydrogen-bond donors (Lipinski definition) is 2. The molecule has 2 N–H and O–H groups in total. The quantitative estimate of drug-likeness (QED) is 0.585. The van der Waals surface area contributed by atoms with Crippen LogP contribution >= 0.6 is 27.7 Å². The Morgan fingerprint density at radius 3 is 2.40 bits per heavy atom. The first-order valence-electron chi connectivity index (χ1n) is 8.11. The van der Waals surface area contributed by atoms with Crippen molar-refractivity contribution in [2.45, 2.75) is 37.9 Å². The first kappa shape index (κ1) is 20.6. The monoisotopic (exact) mass is 439 g/mol. The lowest BCUT2D eigenvalue weighted by molar-refractivity contribution is -0.158. The minimum atomic E-state index is -4.40. The second kappa shape index (κ2) is 8.77. The van der Waals surface area contributed by atoms with Gasteiger partial charge in [-0.1, -0.05) is 28.1 Å². The lowest BCUT2D eigenvalue weighted by Gasteiger charge is -2.33. The summed E-state index contributed by atoms with van der Waals surface area (Å²) in [6.07, 6.45) is -2.43. The molecule has 1 aromatic carbocycles. The molecule has 140 valence electrons. The van der Waals surface area contributed by atoms with E-state index in [0.29, 0.717) is 25.7 Å². The normalized spacial score (nSPS) is 18.7. The molecule has 0 spiro atoms. The Morgan fingerprint density at radius 1 is 1.28 bits per heavy atom. The zero-order chi connectivity index (χ0) is 18.5. The van der Waals surface area contributed by atoms with Crippen LogP contribution in [0.4, 0.5) is 13.2 Å². The van der Waals surface area contributed by atoms with Gasteiger partial charge in [-0.05, 0) is 61.4 Å². The fraction of sp³-hybridized carbons (Fsp3) is 0.588. The number of benzene rings is 1. The Morgan fingerprint density at radius 2 is 1.88 bits per heavy atom.